The van der Waals surface area contributed by atoms with Crippen LogP contribution in [0.4, 0.5) is 10.3 Å². The van der Waals surface area contributed by atoms with Crippen molar-refractivity contribution in [2.24, 2.45) is 0 Å². The average Bonchev–Trinajstić information content (AvgIpc) is 3.12. The van der Waals surface area contributed by atoms with Crippen LogP contribution in [-0.2, 0) is 10.5 Å². The summed E-state index contributed by atoms with van der Waals surface area (Å²) in [6, 6.07) is 12.7. The lowest BCUT2D eigenvalue weighted by molar-refractivity contribution is 0.122. The number of morpholine rings is 1. The summed E-state index contributed by atoms with van der Waals surface area (Å²) < 4.78 is 20.8. The Morgan fingerprint density at radius 1 is 1.11 bits per heavy atom. The first-order valence-corrected chi connectivity index (χ1v) is 10.4. The summed E-state index contributed by atoms with van der Waals surface area (Å²) in [6.45, 7) is 4.96. The van der Waals surface area contributed by atoms with E-state index in [2.05, 4.69) is 50.9 Å². The van der Waals surface area contributed by atoms with Crippen LogP contribution in [0.5, 0.6) is 0 Å². The van der Waals surface area contributed by atoms with Gasteiger partial charge in [-0.15, -0.1) is 10.2 Å². The predicted molar refractivity (Wildman–Crippen MR) is 110 cm³/mol. The molecule has 2 aromatic carbocycles. The van der Waals surface area contributed by atoms with E-state index in [1.54, 1.807) is 6.07 Å². The molecule has 146 valence electrons. The molecule has 0 radical (unpaired) electrons. The number of ether oxygens (including phenoxy) is 1. The smallest absolute Gasteiger partial charge is 0.232 e. The van der Waals surface area contributed by atoms with Gasteiger partial charge in [0.15, 0.2) is 5.16 Å². The van der Waals surface area contributed by atoms with Gasteiger partial charge in [0.05, 0.1) is 18.9 Å². The molecule has 0 amide bonds. The number of hydrogen-bond donors (Lipinski definition) is 0. The molecule has 1 fully saturated rings. The molecule has 0 atom stereocenters. The van der Waals surface area contributed by atoms with E-state index >= 15 is 0 Å². The van der Waals surface area contributed by atoms with E-state index in [0.29, 0.717) is 24.0 Å². The van der Waals surface area contributed by atoms with Crippen molar-refractivity contribution < 1.29 is 9.13 Å². The number of aromatic nitrogens is 3. The van der Waals surface area contributed by atoms with Crippen molar-refractivity contribution in [3.8, 4) is 5.69 Å². The molecule has 0 saturated carbocycles. The summed E-state index contributed by atoms with van der Waals surface area (Å²) in [7, 11) is 0. The molecule has 2 heterocycles. The molecule has 1 aliphatic rings. The lowest BCUT2D eigenvalue weighted by Crippen LogP contribution is -2.37. The fourth-order valence-corrected chi connectivity index (χ4v) is 4.29. The van der Waals surface area contributed by atoms with Gasteiger partial charge in [-0.3, -0.25) is 4.57 Å². The maximum absolute atomic E-state index is 13.3. The third-order valence-electron chi connectivity index (χ3n) is 4.57. The summed E-state index contributed by atoms with van der Waals surface area (Å²) in [5.74, 6) is 1.04. The quantitative estimate of drug-likeness (QED) is 0.571. The molecule has 1 aliphatic heterocycles. The van der Waals surface area contributed by atoms with Crippen LogP contribution in [0.2, 0.25) is 5.02 Å². The Hall–Kier alpha value is -2.09. The van der Waals surface area contributed by atoms with Gasteiger partial charge < -0.3 is 9.64 Å². The van der Waals surface area contributed by atoms with E-state index in [-0.39, 0.29) is 5.82 Å². The second-order valence-corrected chi connectivity index (χ2v) is 7.93. The van der Waals surface area contributed by atoms with Crippen LogP contribution in [0.15, 0.2) is 47.6 Å². The normalized spacial score (nSPS) is 14.5. The third-order valence-corrected chi connectivity index (χ3v) is 5.90. The van der Waals surface area contributed by atoms with Gasteiger partial charge in [0.2, 0.25) is 5.95 Å². The van der Waals surface area contributed by atoms with Crippen molar-refractivity contribution in [3.05, 3.63) is 64.4 Å². The average molecular weight is 419 g/mol. The Bertz CT molecular complexity index is 957. The lowest BCUT2D eigenvalue weighted by atomic mass is 10.2. The third kappa shape index (κ3) is 4.16. The molecule has 0 unspecified atom stereocenters. The number of halogens is 2. The largest absolute Gasteiger partial charge is 0.378 e. The molecule has 3 aromatic rings. The van der Waals surface area contributed by atoms with Crippen molar-refractivity contribution in [2.45, 2.75) is 17.8 Å². The van der Waals surface area contributed by atoms with E-state index in [4.69, 9.17) is 16.3 Å². The molecule has 4 rings (SSSR count). The molecular weight excluding hydrogens is 399 g/mol. The van der Waals surface area contributed by atoms with E-state index in [0.717, 1.165) is 35.4 Å². The molecule has 0 aliphatic carbocycles. The van der Waals surface area contributed by atoms with Crippen molar-refractivity contribution in [1.82, 2.24) is 14.8 Å². The van der Waals surface area contributed by atoms with Gasteiger partial charge in [-0.05, 0) is 36.8 Å². The zero-order valence-electron chi connectivity index (χ0n) is 15.4. The molecule has 0 spiro atoms. The Morgan fingerprint density at radius 3 is 2.57 bits per heavy atom. The summed E-state index contributed by atoms with van der Waals surface area (Å²) in [6.07, 6.45) is 0. The molecule has 28 heavy (non-hydrogen) atoms. The minimum atomic E-state index is -0.337. The van der Waals surface area contributed by atoms with Gasteiger partial charge in [-0.1, -0.05) is 47.1 Å². The number of benzene rings is 2. The minimum absolute atomic E-state index is 0.337. The Balaban J connectivity index is 1.66. The summed E-state index contributed by atoms with van der Waals surface area (Å²) in [5.41, 5.74) is 3.06. The maximum atomic E-state index is 13.3. The SMILES string of the molecule is Cc1ccc(-n2c(SCc3ccc(F)cc3Cl)nnc2N2CCOCC2)cc1. The number of thioether (sulfide) groups is 1. The molecule has 0 N–H and O–H groups in total. The number of nitrogens with zero attached hydrogens (tertiary/aromatic N) is 4. The molecular formula is C20H20ClFN4OS. The van der Waals surface area contributed by atoms with Gasteiger partial charge in [-0.25, -0.2) is 4.39 Å². The van der Waals surface area contributed by atoms with Crippen molar-refractivity contribution >= 4 is 29.3 Å². The zero-order chi connectivity index (χ0) is 19.5. The number of rotatable bonds is 5. The highest BCUT2D eigenvalue weighted by molar-refractivity contribution is 7.98. The fraction of sp³-hybridized carbons (Fsp3) is 0.300. The van der Waals surface area contributed by atoms with Gasteiger partial charge in [0.25, 0.3) is 0 Å². The van der Waals surface area contributed by atoms with Crippen LogP contribution < -0.4 is 4.90 Å². The summed E-state index contributed by atoms with van der Waals surface area (Å²) in [5, 5.41) is 10.1. The predicted octanol–water partition coefficient (Wildman–Crippen LogP) is 4.50. The van der Waals surface area contributed by atoms with Gasteiger partial charge in [-0.2, -0.15) is 0 Å². The standard InChI is InChI=1S/C20H20ClFN4OS/c1-14-2-6-17(7-3-14)26-19(25-8-10-27-11-9-25)23-24-20(26)28-13-15-4-5-16(22)12-18(15)21/h2-7,12H,8-11,13H2,1H3. The van der Waals surface area contributed by atoms with Crippen LogP contribution in [0.3, 0.4) is 0 Å². The van der Waals surface area contributed by atoms with E-state index in [9.17, 15) is 4.39 Å². The first-order valence-electron chi connectivity index (χ1n) is 9.04. The van der Waals surface area contributed by atoms with Crippen molar-refractivity contribution in [3.63, 3.8) is 0 Å². The monoisotopic (exact) mass is 418 g/mol. The Kier molecular flexibility index (Phi) is 5.85. The number of aryl methyl sites for hydroxylation is 1. The second kappa shape index (κ2) is 8.51. The van der Waals surface area contributed by atoms with Crippen LogP contribution in [0.1, 0.15) is 11.1 Å². The summed E-state index contributed by atoms with van der Waals surface area (Å²) in [4.78, 5) is 2.19. The summed E-state index contributed by atoms with van der Waals surface area (Å²) >= 11 is 7.71. The van der Waals surface area contributed by atoms with Crippen LogP contribution >= 0.6 is 23.4 Å². The highest BCUT2D eigenvalue weighted by Gasteiger charge is 2.22. The van der Waals surface area contributed by atoms with Crippen molar-refractivity contribution in [1.29, 1.82) is 0 Å². The lowest BCUT2D eigenvalue weighted by Gasteiger charge is -2.28. The zero-order valence-corrected chi connectivity index (χ0v) is 17.0. The van der Waals surface area contributed by atoms with Crippen LogP contribution in [0, 0.1) is 12.7 Å². The van der Waals surface area contributed by atoms with Crippen LogP contribution in [0.25, 0.3) is 5.69 Å². The minimum Gasteiger partial charge on any atom is -0.378 e. The fourth-order valence-electron chi connectivity index (χ4n) is 3.02. The Morgan fingerprint density at radius 2 is 1.86 bits per heavy atom. The maximum Gasteiger partial charge on any atom is 0.232 e. The molecule has 5 nitrogen and oxygen atoms in total. The molecule has 1 aromatic heterocycles. The Labute approximate surface area is 172 Å². The molecule has 8 heteroatoms. The van der Waals surface area contributed by atoms with Gasteiger partial charge >= 0.3 is 0 Å². The van der Waals surface area contributed by atoms with E-state index < -0.39 is 0 Å². The second-order valence-electron chi connectivity index (χ2n) is 6.58. The van der Waals surface area contributed by atoms with Crippen LogP contribution in [-0.4, -0.2) is 41.1 Å². The van der Waals surface area contributed by atoms with Crippen molar-refractivity contribution in [2.75, 3.05) is 31.2 Å². The highest BCUT2D eigenvalue weighted by Crippen LogP contribution is 2.31. The van der Waals surface area contributed by atoms with Gasteiger partial charge in [0, 0.05) is 23.9 Å². The number of hydrogen-bond acceptors (Lipinski definition) is 5. The topological polar surface area (TPSA) is 43.2 Å². The number of anilines is 1. The van der Waals surface area contributed by atoms with Gasteiger partial charge in [0.1, 0.15) is 5.82 Å². The van der Waals surface area contributed by atoms with E-state index in [1.807, 2.05) is 0 Å². The first kappa shape index (κ1) is 19.2. The first-order chi connectivity index (χ1) is 13.6. The molecule has 1 saturated heterocycles. The molecule has 0 bridgehead atoms. The van der Waals surface area contributed by atoms with E-state index in [1.165, 1.54) is 29.5 Å². The highest BCUT2D eigenvalue weighted by atomic mass is 35.5.